The van der Waals surface area contributed by atoms with Gasteiger partial charge < -0.3 is 5.32 Å². The van der Waals surface area contributed by atoms with E-state index < -0.39 is 5.91 Å². The van der Waals surface area contributed by atoms with E-state index in [9.17, 15) is 20.3 Å². The van der Waals surface area contributed by atoms with Gasteiger partial charge in [0, 0.05) is 6.92 Å². The van der Waals surface area contributed by atoms with Crippen molar-refractivity contribution in [2.24, 2.45) is 0 Å². The van der Waals surface area contributed by atoms with Crippen LogP contribution in [0.15, 0.2) is 25.6 Å². The maximum atomic E-state index is 12.8. The molecule has 1 amide bonds. The molecule has 0 saturated heterocycles. The van der Waals surface area contributed by atoms with E-state index in [2.05, 4.69) is 5.32 Å². The normalized spacial score (nSPS) is 10.5. The Balaban J connectivity index is 3.51. The third-order valence-corrected chi connectivity index (χ3v) is 4.18. The lowest BCUT2D eigenvalue weighted by atomic mass is 10.3. The van der Waals surface area contributed by atoms with Gasteiger partial charge in [-0.3, -0.25) is 4.79 Å². The Labute approximate surface area is 118 Å². The molecule has 1 aromatic carbocycles. The van der Waals surface area contributed by atoms with Gasteiger partial charge >= 0.3 is 0 Å². The van der Waals surface area contributed by atoms with Crippen LogP contribution in [0.1, 0.15) is 6.92 Å². The van der Waals surface area contributed by atoms with Crippen LogP contribution in [0.5, 0.6) is 0 Å². The monoisotopic (exact) mass is 335 g/mol. The molecule has 18 heavy (non-hydrogen) atoms. The first kappa shape index (κ1) is 15.9. The van der Waals surface area contributed by atoms with Crippen molar-refractivity contribution in [3.05, 3.63) is 6.07 Å². The van der Waals surface area contributed by atoms with E-state index in [1.54, 1.807) is 0 Å². The van der Waals surface area contributed by atoms with Gasteiger partial charge in [-0.25, -0.2) is 0 Å². The first-order chi connectivity index (χ1) is 8.58. The van der Waals surface area contributed by atoms with Crippen molar-refractivity contribution in [3.63, 3.8) is 0 Å². The van der Waals surface area contributed by atoms with Gasteiger partial charge in [0.15, 0.2) is 0 Å². The van der Waals surface area contributed by atoms with E-state index in [0.29, 0.717) is 0 Å². The summed E-state index contributed by atoms with van der Waals surface area (Å²) < 4.78 is 50.8. The summed E-state index contributed by atoms with van der Waals surface area (Å²) >= 11 is -1.33. The fourth-order valence-electron chi connectivity index (χ4n) is 1.16. The molecule has 0 aliphatic carbocycles. The number of benzene rings is 1. The van der Waals surface area contributed by atoms with Crippen LogP contribution in [0, 0.1) is 0 Å². The largest absolute Gasteiger partial charge is 0.324 e. The molecular formula is C8H5F4NOS4. The molecule has 100 valence electrons. The third-order valence-electron chi connectivity index (χ3n) is 1.79. The summed E-state index contributed by atoms with van der Waals surface area (Å²) in [5, 5.41) is 2.17. The molecule has 1 aromatic rings. The second-order valence-electron chi connectivity index (χ2n) is 2.90. The zero-order chi connectivity index (χ0) is 13.7. The summed E-state index contributed by atoms with van der Waals surface area (Å²) in [6.45, 7) is 1.12. The van der Waals surface area contributed by atoms with Gasteiger partial charge in [-0.2, -0.15) is 15.5 Å². The van der Waals surface area contributed by atoms with Crippen LogP contribution in [0.4, 0.5) is 21.2 Å². The van der Waals surface area contributed by atoms with Crippen LogP contribution < -0.4 is 5.32 Å². The van der Waals surface area contributed by atoms with Crippen molar-refractivity contribution < 1.29 is 20.3 Å². The van der Waals surface area contributed by atoms with Crippen molar-refractivity contribution in [1.29, 1.82) is 0 Å². The molecule has 2 nitrogen and oxygen atoms in total. The van der Waals surface area contributed by atoms with Gasteiger partial charge in [0.05, 0.1) is 73.9 Å². The lowest BCUT2D eigenvalue weighted by Crippen LogP contribution is -2.08. The quantitative estimate of drug-likeness (QED) is 0.712. The summed E-state index contributed by atoms with van der Waals surface area (Å²) in [4.78, 5) is 9.92. The zero-order valence-corrected chi connectivity index (χ0v) is 11.9. The van der Waals surface area contributed by atoms with Crippen LogP contribution in [-0.2, 0) is 4.79 Å². The fourth-order valence-corrected chi connectivity index (χ4v) is 3.07. The number of rotatable bonds is 5. The molecule has 0 aliphatic heterocycles. The smallest absolute Gasteiger partial charge is 0.221 e. The molecule has 0 fully saturated rings. The van der Waals surface area contributed by atoms with Gasteiger partial charge in [0.25, 0.3) is 0 Å². The average Bonchev–Trinajstić information content (AvgIpc) is 2.36. The molecule has 0 heterocycles. The maximum absolute atomic E-state index is 12.8. The number of hydrogen-bond donors (Lipinski definition) is 1. The number of halogens is 4. The molecule has 0 unspecified atom stereocenters. The molecule has 0 aliphatic rings. The highest BCUT2D eigenvalue weighted by molar-refractivity contribution is 7.98. The fraction of sp³-hybridized carbons (Fsp3) is 0.125. The van der Waals surface area contributed by atoms with E-state index in [1.165, 1.54) is 0 Å². The number of anilines is 1. The van der Waals surface area contributed by atoms with Gasteiger partial charge in [-0.15, -0.1) is 0 Å². The van der Waals surface area contributed by atoms with Crippen LogP contribution in [0.25, 0.3) is 0 Å². The Kier molecular flexibility index (Phi) is 6.53. The Morgan fingerprint density at radius 2 is 1.44 bits per heavy atom. The number of nitrogens with one attached hydrogen (secondary N) is 1. The summed E-state index contributed by atoms with van der Waals surface area (Å²) in [5.74, 6) is -0.601. The molecule has 0 atom stereocenters. The lowest BCUT2D eigenvalue weighted by Gasteiger charge is -2.14. The summed E-state index contributed by atoms with van der Waals surface area (Å²) in [6.07, 6.45) is 0. The van der Waals surface area contributed by atoms with Crippen molar-refractivity contribution in [1.82, 2.24) is 0 Å². The van der Waals surface area contributed by atoms with E-state index in [0.717, 1.165) is 13.0 Å². The Bertz CT molecular complexity index is 429. The van der Waals surface area contributed by atoms with Crippen LogP contribution in [-0.4, -0.2) is 5.91 Å². The zero-order valence-electron chi connectivity index (χ0n) is 8.63. The van der Waals surface area contributed by atoms with Gasteiger partial charge in [0.2, 0.25) is 5.91 Å². The molecule has 0 spiro atoms. The van der Waals surface area contributed by atoms with Crippen LogP contribution in [0.3, 0.4) is 0 Å². The minimum Gasteiger partial charge on any atom is -0.324 e. The summed E-state index contributed by atoms with van der Waals surface area (Å²) in [5.41, 5.74) is -0.273. The van der Waals surface area contributed by atoms with Gasteiger partial charge in [0.1, 0.15) is 0 Å². The number of amides is 1. The molecule has 0 saturated carbocycles. The average molecular weight is 335 g/mol. The first-order valence-corrected chi connectivity index (χ1v) is 7.08. The lowest BCUT2D eigenvalue weighted by molar-refractivity contribution is -0.114. The molecule has 1 N–H and O–H groups in total. The minimum absolute atomic E-state index is 0.232. The second-order valence-corrected chi connectivity index (χ2v) is 5.21. The predicted molar refractivity (Wildman–Crippen MR) is 68.6 cm³/mol. The summed E-state index contributed by atoms with van der Waals surface area (Å²) in [7, 11) is 0. The Morgan fingerprint density at radius 3 is 1.72 bits per heavy atom. The van der Waals surface area contributed by atoms with Crippen molar-refractivity contribution in [2.45, 2.75) is 26.5 Å². The number of hydrogen-bond acceptors (Lipinski definition) is 5. The maximum Gasteiger partial charge on any atom is 0.221 e. The first-order valence-electron chi connectivity index (χ1n) is 4.22. The molecular weight excluding hydrogens is 330 g/mol. The second kappa shape index (κ2) is 7.41. The van der Waals surface area contributed by atoms with Crippen molar-refractivity contribution in [2.75, 3.05) is 5.32 Å². The Hall–Kier alpha value is -0.190. The molecule has 10 heteroatoms. The van der Waals surface area contributed by atoms with Crippen LogP contribution in [0.2, 0.25) is 0 Å². The van der Waals surface area contributed by atoms with Gasteiger partial charge in [-0.1, -0.05) is 0 Å². The standard InChI is InChI=1S/C8H5F4NOS4/c1-3(14)13-6-7(17-11)4(15-9)2-5(16-10)8(6)18-12/h2H,1H3,(H,13,14). The van der Waals surface area contributed by atoms with E-state index >= 15 is 0 Å². The topological polar surface area (TPSA) is 29.1 Å². The summed E-state index contributed by atoms with van der Waals surface area (Å²) in [6, 6.07) is 0.977. The van der Waals surface area contributed by atoms with Crippen molar-refractivity contribution in [3.8, 4) is 0 Å². The van der Waals surface area contributed by atoms with E-state index in [4.69, 9.17) is 0 Å². The van der Waals surface area contributed by atoms with Crippen LogP contribution >= 0.6 is 48.6 Å². The molecule has 0 aromatic heterocycles. The Morgan fingerprint density at radius 1 is 1.00 bits per heavy atom. The van der Waals surface area contributed by atoms with E-state index in [-0.39, 0.29) is 73.9 Å². The SMILES string of the molecule is CC(=O)Nc1c(SF)c(SF)cc(SF)c1SF. The minimum atomic E-state index is -0.601. The number of carbonyl (C=O) groups excluding carboxylic acids is 1. The predicted octanol–water partition coefficient (Wildman–Crippen LogP) is 5.55. The molecule has 0 bridgehead atoms. The highest BCUT2D eigenvalue weighted by Crippen LogP contribution is 2.48. The number of carbonyl (C=O) groups is 1. The molecule has 0 radical (unpaired) electrons. The molecule has 1 rings (SSSR count). The van der Waals surface area contributed by atoms with E-state index in [1.807, 2.05) is 0 Å². The van der Waals surface area contributed by atoms with Gasteiger partial charge in [-0.05, 0) is 6.07 Å². The van der Waals surface area contributed by atoms with Crippen molar-refractivity contribution >= 4 is 60.2 Å². The highest BCUT2D eigenvalue weighted by atomic mass is 32.2. The third kappa shape index (κ3) is 3.43. The highest BCUT2D eigenvalue weighted by Gasteiger charge is 2.22.